The number of halogens is 1. The van der Waals surface area contributed by atoms with Crippen LogP contribution in [0.25, 0.3) is 11.0 Å². The van der Waals surface area contributed by atoms with E-state index in [0.29, 0.717) is 16.5 Å². The van der Waals surface area contributed by atoms with Crippen LogP contribution in [0.3, 0.4) is 0 Å². The van der Waals surface area contributed by atoms with Gasteiger partial charge in [0.25, 0.3) is 5.91 Å². The van der Waals surface area contributed by atoms with Gasteiger partial charge in [0.2, 0.25) is 0 Å². The summed E-state index contributed by atoms with van der Waals surface area (Å²) >= 11 is 0. The quantitative estimate of drug-likeness (QED) is 0.715. The summed E-state index contributed by atoms with van der Waals surface area (Å²) in [6, 6.07) is 13.0. The molecule has 0 aliphatic carbocycles. The van der Waals surface area contributed by atoms with Gasteiger partial charge in [-0.2, -0.15) is 0 Å². The van der Waals surface area contributed by atoms with Gasteiger partial charge in [-0.1, -0.05) is 30.3 Å². The first kappa shape index (κ1) is 16.9. The number of carbonyl (C=O) groups is 1. The molecule has 25 heavy (non-hydrogen) atoms. The first-order chi connectivity index (χ1) is 12.0. The molecule has 0 spiro atoms. The van der Waals surface area contributed by atoms with Crippen LogP contribution in [0.4, 0.5) is 4.39 Å². The predicted molar refractivity (Wildman–Crippen MR) is 90.8 cm³/mol. The third-order valence-corrected chi connectivity index (χ3v) is 3.93. The van der Waals surface area contributed by atoms with E-state index < -0.39 is 29.5 Å². The molecule has 0 saturated heterocycles. The van der Waals surface area contributed by atoms with Crippen LogP contribution >= 0.6 is 0 Å². The molecule has 1 amide bonds. The summed E-state index contributed by atoms with van der Waals surface area (Å²) in [4.78, 5) is 24.4. The molecule has 3 rings (SSSR count). The Hall–Kier alpha value is -2.99. The van der Waals surface area contributed by atoms with Gasteiger partial charge in [0.1, 0.15) is 17.0 Å². The van der Waals surface area contributed by atoms with E-state index in [0.717, 1.165) is 0 Å². The van der Waals surface area contributed by atoms with Crippen molar-refractivity contribution in [1.29, 1.82) is 0 Å². The Labute approximate surface area is 142 Å². The first-order valence-corrected chi connectivity index (χ1v) is 7.73. The van der Waals surface area contributed by atoms with E-state index in [9.17, 15) is 19.1 Å². The Morgan fingerprint density at radius 1 is 1.16 bits per heavy atom. The lowest BCUT2D eigenvalue weighted by Crippen LogP contribution is -2.38. The lowest BCUT2D eigenvalue weighted by molar-refractivity contribution is 0.0848. The van der Waals surface area contributed by atoms with E-state index in [-0.39, 0.29) is 5.56 Å². The molecule has 2 N–H and O–H groups in total. The van der Waals surface area contributed by atoms with E-state index in [1.807, 2.05) is 0 Å². The third-order valence-electron chi connectivity index (χ3n) is 3.93. The third kappa shape index (κ3) is 3.59. The lowest BCUT2D eigenvalue weighted by Gasteiger charge is -2.20. The van der Waals surface area contributed by atoms with Crippen molar-refractivity contribution in [3.63, 3.8) is 0 Å². The molecule has 0 fully saturated rings. The van der Waals surface area contributed by atoms with Crippen molar-refractivity contribution < 1.29 is 18.7 Å². The number of fused-ring (bicyclic) bond motifs is 1. The SMILES string of the molecule is C[C@@H](NC(=O)c1cc2ccccc2oc1=O)[C@H](O)c1ccc(F)cc1. The second kappa shape index (κ2) is 6.86. The van der Waals surface area contributed by atoms with Gasteiger partial charge in [0, 0.05) is 5.39 Å². The predicted octanol–water partition coefficient (Wildman–Crippen LogP) is 2.78. The largest absolute Gasteiger partial charge is 0.422 e. The molecule has 0 saturated carbocycles. The molecule has 0 aliphatic rings. The number of aliphatic hydroxyl groups excluding tert-OH is 1. The van der Waals surface area contributed by atoms with Gasteiger partial charge < -0.3 is 14.8 Å². The van der Waals surface area contributed by atoms with Crippen LogP contribution in [0, 0.1) is 5.82 Å². The van der Waals surface area contributed by atoms with Crippen LogP contribution < -0.4 is 10.9 Å². The molecule has 3 aromatic rings. The molecule has 2 aromatic carbocycles. The van der Waals surface area contributed by atoms with E-state index in [1.165, 1.54) is 30.3 Å². The molecule has 0 unspecified atom stereocenters. The van der Waals surface area contributed by atoms with Gasteiger partial charge in [0.15, 0.2) is 0 Å². The maximum atomic E-state index is 13.0. The molecule has 0 aliphatic heterocycles. The van der Waals surface area contributed by atoms with E-state index >= 15 is 0 Å². The van der Waals surface area contributed by atoms with Gasteiger partial charge in [0.05, 0.1) is 12.1 Å². The van der Waals surface area contributed by atoms with Crippen molar-refractivity contribution in [3.8, 4) is 0 Å². The Balaban J connectivity index is 1.80. The maximum Gasteiger partial charge on any atom is 0.349 e. The fourth-order valence-corrected chi connectivity index (χ4v) is 2.53. The topological polar surface area (TPSA) is 79.5 Å². The standard InChI is InChI=1S/C19H16FNO4/c1-11(17(22)12-6-8-14(20)9-7-12)21-18(23)15-10-13-4-2-3-5-16(13)25-19(15)24/h2-11,17,22H,1H3,(H,21,23)/t11-,17+/m1/s1. The molecular weight excluding hydrogens is 325 g/mol. The van der Waals surface area contributed by atoms with Gasteiger partial charge in [-0.25, -0.2) is 9.18 Å². The van der Waals surface area contributed by atoms with Crippen LogP contribution in [0.1, 0.15) is 28.9 Å². The zero-order valence-corrected chi connectivity index (χ0v) is 13.4. The summed E-state index contributed by atoms with van der Waals surface area (Å²) in [5.41, 5.74) is -0.0419. The molecule has 0 bridgehead atoms. The smallest absolute Gasteiger partial charge is 0.349 e. The summed E-state index contributed by atoms with van der Waals surface area (Å²) in [7, 11) is 0. The number of nitrogens with one attached hydrogen (secondary N) is 1. The number of amides is 1. The van der Waals surface area contributed by atoms with E-state index in [2.05, 4.69) is 5.32 Å². The highest BCUT2D eigenvalue weighted by atomic mass is 19.1. The van der Waals surface area contributed by atoms with Crippen molar-refractivity contribution >= 4 is 16.9 Å². The van der Waals surface area contributed by atoms with Crippen LogP contribution in [0.2, 0.25) is 0 Å². The highest BCUT2D eigenvalue weighted by Gasteiger charge is 2.21. The van der Waals surface area contributed by atoms with Gasteiger partial charge in [-0.05, 0) is 36.8 Å². The number of aliphatic hydroxyl groups is 1. The van der Waals surface area contributed by atoms with Gasteiger partial charge in [-0.3, -0.25) is 4.79 Å². The van der Waals surface area contributed by atoms with Crippen molar-refractivity contribution in [2.45, 2.75) is 19.1 Å². The minimum Gasteiger partial charge on any atom is -0.422 e. The first-order valence-electron chi connectivity index (χ1n) is 7.73. The maximum absolute atomic E-state index is 13.0. The second-order valence-corrected chi connectivity index (χ2v) is 5.74. The average Bonchev–Trinajstić information content (AvgIpc) is 2.61. The second-order valence-electron chi connectivity index (χ2n) is 5.74. The van der Waals surface area contributed by atoms with Crippen LogP contribution in [-0.2, 0) is 0 Å². The van der Waals surface area contributed by atoms with Crippen molar-refractivity contribution in [1.82, 2.24) is 5.32 Å². The number of hydrogen-bond donors (Lipinski definition) is 2. The minimum absolute atomic E-state index is 0.142. The number of rotatable bonds is 4. The highest BCUT2D eigenvalue weighted by Crippen LogP contribution is 2.18. The number of benzene rings is 2. The highest BCUT2D eigenvalue weighted by molar-refractivity contribution is 5.96. The van der Waals surface area contributed by atoms with E-state index in [4.69, 9.17) is 4.42 Å². The molecule has 1 heterocycles. The van der Waals surface area contributed by atoms with Crippen molar-refractivity contribution in [2.24, 2.45) is 0 Å². The van der Waals surface area contributed by atoms with Crippen molar-refractivity contribution in [2.75, 3.05) is 0 Å². The lowest BCUT2D eigenvalue weighted by atomic mass is 10.0. The van der Waals surface area contributed by atoms with E-state index in [1.54, 1.807) is 31.2 Å². The summed E-state index contributed by atoms with van der Waals surface area (Å²) in [6.45, 7) is 1.59. The molecular formula is C19H16FNO4. The molecule has 0 radical (unpaired) electrons. The number of carbonyl (C=O) groups excluding carboxylic acids is 1. The summed E-state index contributed by atoms with van der Waals surface area (Å²) in [6.07, 6.45) is -1.04. The zero-order chi connectivity index (χ0) is 18.0. The minimum atomic E-state index is -1.04. The Kier molecular flexibility index (Phi) is 4.63. The monoisotopic (exact) mass is 341 g/mol. The molecule has 128 valence electrons. The number of hydrogen-bond acceptors (Lipinski definition) is 4. The zero-order valence-electron chi connectivity index (χ0n) is 13.4. The van der Waals surface area contributed by atoms with Gasteiger partial charge in [-0.15, -0.1) is 0 Å². The van der Waals surface area contributed by atoms with Crippen LogP contribution in [0.5, 0.6) is 0 Å². The van der Waals surface area contributed by atoms with Gasteiger partial charge >= 0.3 is 5.63 Å². The fraction of sp³-hybridized carbons (Fsp3) is 0.158. The Bertz CT molecular complexity index is 965. The molecule has 5 nitrogen and oxygen atoms in total. The summed E-state index contributed by atoms with van der Waals surface area (Å²) in [5.74, 6) is -1.06. The normalized spacial score (nSPS) is 13.4. The number of para-hydroxylation sites is 1. The average molecular weight is 341 g/mol. The fourth-order valence-electron chi connectivity index (χ4n) is 2.53. The summed E-state index contributed by atoms with van der Waals surface area (Å²) < 4.78 is 18.1. The van der Waals surface area contributed by atoms with Crippen LogP contribution in [-0.4, -0.2) is 17.1 Å². The van der Waals surface area contributed by atoms with Crippen molar-refractivity contribution in [3.05, 3.63) is 82.0 Å². The van der Waals surface area contributed by atoms with Crippen LogP contribution in [0.15, 0.2) is 63.8 Å². The molecule has 2 atom stereocenters. The molecule has 6 heteroatoms. The summed E-state index contributed by atoms with van der Waals surface area (Å²) in [5, 5.41) is 13.5. The Morgan fingerprint density at radius 2 is 1.84 bits per heavy atom. The Morgan fingerprint density at radius 3 is 2.56 bits per heavy atom. The molecule has 1 aromatic heterocycles.